The SMILES string of the molecule is [2H]C1([2H])Oc2cc3c(c(OC)c2O1)C(=O)N(N(C)C(=O)NC)[C@@H]1C3=C[C@H](O)[C@H]2OC(C)(C)O[C@H]21. The Morgan fingerprint density at radius 2 is 2.09 bits per heavy atom. The number of amides is 3. The van der Waals surface area contributed by atoms with Crippen molar-refractivity contribution in [1.29, 1.82) is 0 Å². The maximum Gasteiger partial charge on any atom is 0.335 e. The molecule has 4 atom stereocenters. The number of urea groups is 1. The number of ether oxygens (including phenoxy) is 5. The first-order valence-corrected chi connectivity index (χ1v) is 10.1. The Hall–Kier alpha value is -3.02. The van der Waals surface area contributed by atoms with Crippen molar-refractivity contribution in [3.8, 4) is 17.2 Å². The highest BCUT2D eigenvalue weighted by Gasteiger charge is 2.57. The molecule has 172 valence electrons. The number of hydrazine groups is 1. The van der Waals surface area contributed by atoms with Crippen LogP contribution in [0.5, 0.6) is 17.2 Å². The van der Waals surface area contributed by atoms with Crippen LogP contribution in [0.2, 0.25) is 0 Å². The molecule has 1 fully saturated rings. The van der Waals surface area contributed by atoms with Gasteiger partial charge >= 0.3 is 6.03 Å². The van der Waals surface area contributed by atoms with Crippen LogP contribution >= 0.6 is 0 Å². The van der Waals surface area contributed by atoms with Gasteiger partial charge < -0.3 is 34.1 Å². The fourth-order valence-corrected chi connectivity index (χ4v) is 4.75. The number of aliphatic hydroxyl groups excluding tert-OH is 1. The van der Waals surface area contributed by atoms with Crippen molar-refractivity contribution >= 4 is 17.5 Å². The molecule has 11 heteroatoms. The minimum Gasteiger partial charge on any atom is -0.492 e. The van der Waals surface area contributed by atoms with Crippen LogP contribution < -0.4 is 19.5 Å². The second-order valence-electron chi connectivity index (χ2n) is 8.30. The molecule has 1 aromatic rings. The van der Waals surface area contributed by atoms with Gasteiger partial charge in [-0.3, -0.25) is 4.79 Å². The number of carbonyl (C=O) groups is 2. The third-order valence-electron chi connectivity index (χ3n) is 6.01. The number of hydrogen-bond acceptors (Lipinski definition) is 8. The van der Waals surface area contributed by atoms with Crippen LogP contribution in [0.3, 0.4) is 0 Å². The lowest BCUT2D eigenvalue weighted by Gasteiger charge is -2.47. The lowest BCUT2D eigenvalue weighted by atomic mass is 9.78. The number of aliphatic hydroxyl groups is 1. The molecule has 3 aliphatic heterocycles. The number of carbonyl (C=O) groups excluding carboxylic acids is 2. The number of hydrogen-bond donors (Lipinski definition) is 2. The highest BCUT2D eigenvalue weighted by molar-refractivity contribution is 6.08. The molecule has 0 aromatic heterocycles. The Bertz CT molecular complexity index is 1120. The van der Waals surface area contributed by atoms with E-state index in [0.29, 0.717) is 11.1 Å². The van der Waals surface area contributed by atoms with Gasteiger partial charge in [-0.15, -0.1) is 0 Å². The van der Waals surface area contributed by atoms with Crippen molar-refractivity contribution in [3.63, 3.8) is 0 Å². The molecule has 0 saturated carbocycles. The third-order valence-corrected chi connectivity index (χ3v) is 6.01. The van der Waals surface area contributed by atoms with Gasteiger partial charge in [-0.1, -0.05) is 0 Å². The fourth-order valence-electron chi connectivity index (χ4n) is 4.75. The summed E-state index contributed by atoms with van der Waals surface area (Å²) in [6.07, 6.45) is -1.13. The monoisotopic (exact) mass is 449 g/mol. The molecule has 1 aliphatic carbocycles. The molecule has 4 aliphatic rings. The number of rotatable bonds is 2. The largest absolute Gasteiger partial charge is 0.492 e. The van der Waals surface area contributed by atoms with Crippen molar-refractivity contribution < 1.29 is 41.1 Å². The zero-order valence-electron chi connectivity index (χ0n) is 20.2. The van der Waals surface area contributed by atoms with E-state index in [4.69, 9.17) is 26.4 Å². The Balaban J connectivity index is 1.76. The van der Waals surface area contributed by atoms with Crippen LogP contribution in [-0.4, -0.2) is 85.2 Å². The highest BCUT2D eigenvalue weighted by Crippen LogP contribution is 2.52. The van der Waals surface area contributed by atoms with E-state index in [1.165, 1.54) is 32.3 Å². The van der Waals surface area contributed by atoms with Gasteiger partial charge in [-0.05, 0) is 31.6 Å². The standard InChI is InChI=1S/C21H25N3O8/c1-21(2)31-15-11(25)6-10-9-7-12-16(30-8-29-12)17(28-5)13(9)19(26)24(14(10)18(15)32-21)23(4)20(27)22-3/h6-7,11,14-15,18,25H,8H2,1-5H3,(H,22,27)/t11-,14+,15+,18-/m0/s1/i8D2. The summed E-state index contributed by atoms with van der Waals surface area (Å²) in [5.74, 6) is -1.72. The summed E-state index contributed by atoms with van der Waals surface area (Å²) in [6.45, 7) is 0.942. The van der Waals surface area contributed by atoms with Crippen molar-refractivity contribution in [1.82, 2.24) is 15.3 Å². The zero-order valence-corrected chi connectivity index (χ0v) is 18.2. The molecular formula is C21H25N3O8. The van der Waals surface area contributed by atoms with E-state index in [1.54, 1.807) is 19.9 Å². The number of nitrogens with one attached hydrogen (secondary N) is 1. The summed E-state index contributed by atoms with van der Waals surface area (Å²) in [6, 6.07) is 0.0623. The first-order chi connectivity index (χ1) is 15.9. The molecule has 3 amide bonds. The predicted molar refractivity (Wildman–Crippen MR) is 109 cm³/mol. The van der Waals surface area contributed by atoms with Gasteiger partial charge in [0, 0.05) is 19.7 Å². The Kier molecular flexibility index (Phi) is 4.05. The maximum absolute atomic E-state index is 14.0. The minimum absolute atomic E-state index is 0.0321. The molecular weight excluding hydrogens is 422 g/mol. The smallest absolute Gasteiger partial charge is 0.335 e. The number of nitrogens with zero attached hydrogens (tertiary/aromatic N) is 2. The van der Waals surface area contributed by atoms with E-state index in [0.717, 1.165) is 5.01 Å². The van der Waals surface area contributed by atoms with Gasteiger partial charge in [0.15, 0.2) is 17.3 Å². The van der Waals surface area contributed by atoms with E-state index in [-0.39, 0.29) is 22.8 Å². The molecule has 2 N–H and O–H groups in total. The fraction of sp³-hybridized carbons (Fsp3) is 0.524. The second kappa shape index (κ2) is 6.99. The second-order valence-corrected chi connectivity index (χ2v) is 8.30. The zero-order chi connectivity index (χ0) is 24.7. The number of methoxy groups -OCH3 is 1. The van der Waals surface area contributed by atoms with Crippen molar-refractivity contribution in [2.24, 2.45) is 0 Å². The topological polar surface area (TPSA) is 119 Å². The van der Waals surface area contributed by atoms with E-state index >= 15 is 0 Å². The van der Waals surface area contributed by atoms with Gasteiger partial charge in [0.2, 0.25) is 12.5 Å². The van der Waals surface area contributed by atoms with Crippen molar-refractivity contribution in [2.45, 2.75) is 44.0 Å². The number of benzene rings is 1. The van der Waals surface area contributed by atoms with Gasteiger partial charge in [0.25, 0.3) is 5.91 Å². The maximum atomic E-state index is 14.0. The molecule has 1 aromatic carbocycles. The van der Waals surface area contributed by atoms with Crippen LogP contribution in [0.4, 0.5) is 4.79 Å². The van der Waals surface area contributed by atoms with Gasteiger partial charge in [0.1, 0.15) is 27.1 Å². The third kappa shape index (κ3) is 2.78. The summed E-state index contributed by atoms with van der Waals surface area (Å²) in [7, 11) is 4.18. The average molecular weight is 449 g/mol. The molecule has 1 saturated heterocycles. The Morgan fingerprint density at radius 3 is 2.78 bits per heavy atom. The Labute approximate surface area is 187 Å². The number of fused-ring (bicyclic) bond motifs is 6. The average Bonchev–Trinajstić information content (AvgIpc) is 3.26. The molecule has 0 spiro atoms. The van der Waals surface area contributed by atoms with E-state index in [9.17, 15) is 14.7 Å². The molecule has 0 unspecified atom stereocenters. The summed E-state index contributed by atoms with van der Waals surface area (Å²) >= 11 is 0. The molecule has 32 heavy (non-hydrogen) atoms. The van der Waals surface area contributed by atoms with E-state index in [1.807, 2.05) is 0 Å². The summed E-state index contributed by atoms with van der Waals surface area (Å²) < 4.78 is 43.7. The predicted octanol–water partition coefficient (Wildman–Crippen LogP) is 0.712. The molecule has 0 radical (unpaired) electrons. The first-order valence-electron chi connectivity index (χ1n) is 11.1. The normalized spacial score (nSPS) is 31.5. The summed E-state index contributed by atoms with van der Waals surface area (Å²) in [5, 5.41) is 15.7. The lowest BCUT2D eigenvalue weighted by Crippen LogP contribution is -2.64. The van der Waals surface area contributed by atoms with Gasteiger partial charge in [-0.25, -0.2) is 14.8 Å². The molecule has 3 heterocycles. The molecule has 0 bridgehead atoms. The van der Waals surface area contributed by atoms with Crippen LogP contribution in [0, 0.1) is 0 Å². The molecule has 5 rings (SSSR count). The van der Waals surface area contributed by atoms with E-state index in [2.05, 4.69) is 5.32 Å². The van der Waals surface area contributed by atoms with Crippen LogP contribution in [0.1, 0.15) is 32.5 Å². The van der Waals surface area contributed by atoms with Gasteiger partial charge in [-0.2, -0.15) is 0 Å². The minimum atomic E-state index is -2.46. The first kappa shape index (κ1) is 18.5. The van der Waals surface area contributed by atoms with Crippen molar-refractivity contribution in [2.75, 3.05) is 28.0 Å². The van der Waals surface area contributed by atoms with Crippen molar-refractivity contribution in [3.05, 3.63) is 23.3 Å². The van der Waals surface area contributed by atoms with Crippen LogP contribution in [-0.2, 0) is 9.47 Å². The Morgan fingerprint density at radius 1 is 1.38 bits per heavy atom. The van der Waals surface area contributed by atoms with Gasteiger partial charge in [0.05, 0.1) is 12.7 Å². The van der Waals surface area contributed by atoms with E-state index < -0.39 is 48.8 Å². The summed E-state index contributed by atoms with van der Waals surface area (Å²) in [4.78, 5) is 26.6. The quantitative estimate of drug-likeness (QED) is 0.678. The highest BCUT2D eigenvalue weighted by atomic mass is 16.8. The van der Waals surface area contributed by atoms with Crippen LogP contribution in [0.25, 0.3) is 5.57 Å². The lowest BCUT2D eigenvalue weighted by molar-refractivity contribution is -0.155. The molecule has 11 nitrogen and oxygen atoms in total. The summed E-state index contributed by atoms with van der Waals surface area (Å²) in [5.41, 5.74) is 0.849. The van der Waals surface area contributed by atoms with Crippen LogP contribution in [0.15, 0.2) is 12.1 Å².